The minimum Gasteiger partial charge on any atom is -0.314 e. The molecule has 0 aliphatic carbocycles. The molecule has 100 valence electrons. The maximum Gasteiger partial charge on any atom is 0.393 e. The third-order valence-electron chi connectivity index (χ3n) is 3.04. The van der Waals surface area contributed by atoms with Gasteiger partial charge in [0, 0.05) is 32.7 Å². The van der Waals surface area contributed by atoms with Gasteiger partial charge in [-0.05, 0) is 11.1 Å². The molecule has 1 aliphatic rings. The van der Waals surface area contributed by atoms with Crippen LogP contribution in [-0.4, -0.2) is 37.3 Å². The Kier molecular flexibility index (Phi) is 4.24. The number of piperazine rings is 1. The van der Waals surface area contributed by atoms with Crippen molar-refractivity contribution in [2.75, 3.05) is 26.2 Å². The van der Waals surface area contributed by atoms with Gasteiger partial charge in [0.15, 0.2) is 0 Å². The van der Waals surface area contributed by atoms with Crippen molar-refractivity contribution in [2.45, 2.75) is 19.1 Å². The largest absolute Gasteiger partial charge is 0.393 e. The molecule has 18 heavy (non-hydrogen) atoms. The zero-order valence-electron chi connectivity index (χ0n) is 10.1. The molecule has 1 aromatic carbocycles. The van der Waals surface area contributed by atoms with E-state index in [1.165, 1.54) is 0 Å². The van der Waals surface area contributed by atoms with Crippen LogP contribution in [0, 0.1) is 0 Å². The topological polar surface area (TPSA) is 15.3 Å². The van der Waals surface area contributed by atoms with E-state index in [1.54, 1.807) is 24.3 Å². The number of halogens is 3. The van der Waals surface area contributed by atoms with E-state index in [1.807, 2.05) is 0 Å². The lowest BCUT2D eigenvalue weighted by molar-refractivity contribution is -0.127. The lowest BCUT2D eigenvalue weighted by Gasteiger charge is -2.27. The highest BCUT2D eigenvalue weighted by atomic mass is 19.4. The predicted molar refractivity (Wildman–Crippen MR) is 64.3 cm³/mol. The number of rotatable bonds is 3. The molecule has 0 atom stereocenters. The first-order valence-corrected chi connectivity index (χ1v) is 6.10. The molecule has 1 saturated heterocycles. The number of hydrogen-bond acceptors (Lipinski definition) is 2. The van der Waals surface area contributed by atoms with Gasteiger partial charge in [-0.1, -0.05) is 24.3 Å². The second-order valence-electron chi connectivity index (χ2n) is 4.63. The molecule has 0 unspecified atom stereocenters. The summed E-state index contributed by atoms with van der Waals surface area (Å²) in [7, 11) is 0. The third-order valence-corrected chi connectivity index (χ3v) is 3.04. The Labute approximate surface area is 105 Å². The minimum absolute atomic E-state index is 0.326. The fourth-order valence-corrected chi connectivity index (χ4v) is 2.12. The molecular formula is C13H17F3N2. The molecule has 1 aromatic rings. The fourth-order valence-electron chi connectivity index (χ4n) is 2.12. The summed E-state index contributed by atoms with van der Waals surface area (Å²) in [6.07, 6.45) is -4.97. The smallest absolute Gasteiger partial charge is 0.314 e. The summed E-state index contributed by atoms with van der Waals surface area (Å²) in [5, 5.41) is 3.27. The molecule has 2 rings (SSSR count). The van der Waals surface area contributed by atoms with Crippen LogP contribution in [0.1, 0.15) is 11.1 Å². The van der Waals surface area contributed by atoms with Crippen LogP contribution in [0.4, 0.5) is 13.2 Å². The summed E-state index contributed by atoms with van der Waals surface area (Å²) in [5.41, 5.74) is 1.40. The van der Waals surface area contributed by atoms with Gasteiger partial charge >= 0.3 is 6.18 Å². The first-order valence-electron chi connectivity index (χ1n) is 6.10. The van der Waals surface area contributed by atoms with Gasteiger partial charge in [0.1, 0.15) is 0 Å². The third kappa shape index (κ3) is 4.31. The van der Waals surface area contributed by atoms with Crippen molar-refractivity contribution in [3.8, 4) is 0 Å². The first kappa shape index (κ1) is 13.4. The van der Waals surface area contributed by atoms with E-state index in [2.05, 4.69) is 10.2 Å². The Bertz CT molecular complexity index is 367. The molecular weight excluding hydrogens is 241 g/mol. The SMILES string of the molecule is FC(F)(F)Cc1ccc(CN2CCNCC2)cc1. The quantitative estimate of drug-likeness (QED) is 0.894. The van der Waals surface area contributed by atoms with Gasteiger partial charge in [0.2, 0.25) is 0 Å². The monoisotopic (exact) mass is 258 g/mol. The molecule has 0 bridgehead atoms. The first-order chi connectivity index (χ1) is 8.53. The van der Waals surface area contributed by atoms with Crippen LogP contribution < -0.4 is 5.32 Å². The maximum atomic E-state index is 12.2. The lowest BCUT2D eigenvalue weighted by atomic mass is 10.1. The van der Waals surface area contributed by atoms with Crippen molar-refractivity contribution in [1.82, 2.24) is 10.2 Å². The molecule has 0 spiro atoms. The minimum atomic E-state index is -4.12. The summed E-state index contributed by atoms with van der Waals surface area (Å²) >= 11 is 0. The second kappa shape index (κ2) is 5.71. The van der Waals surface area contributed by atoms with E-state index in [0.717, 1.165) is 38.3 Å². The number of hydrogen-bond donors (Lipinski definition) is 1. The van der Waals surface area contributed by atoms with Crippen LogP contribution in [0.5, 0.6) is 0 Å². The van der Waals surface area contributed by atoms with E-state index in [9.17, 15) is 13.2 Å². The second-order valence-corrected chi connectivity index (χ2v) is 4.63. The molecule has 1 N–H and O–H groups in total. The normalized spacial score (nSPS) is 17.9. The molecule has 5 heteroatoms. The fraction of sp³-hybridized carbons (Fsp3) is 0.538. The summed E-state index contributed by atoms with van der Waals surface area (Å²) < 4.78 is 36.6. The zero-order chi connectivity index (χ0) is 13.0. The highest BCUT2D eigenvalue weighted by Crippen LogP contribution is 2.21. The van der Waals surface area contributed by atoms with E-state index < -0.39 is 12.6 Å². The van der Waals surface area contributed by atoms with E-state index in [0.29, 0.717) is 5.56 Å². The molecule has 2 nitrogen and oxygen atoms in total. The summed E-state index contributed by atoms with van der Waals surface area (Å²) in [6, 6.07) is 6.74. The lowest BCUT2D eigenvalue weighted by Crippen LogP contribution is -2.42. The zero-order valence-corrected chi connectivity index (χ0v) is 10.1. The Balaban J connectivity index is 1.90. The van der Waals surface area contributed by atoms with Gasteiger partial charge in [0.05, 0.1) is 6.42 Å². The van der Waals surface area contributed by atoms with Crippen LogP contribution in [0.15, 0.2) is 24.3 Å². The van der Waals surface area contributed by atoms with E-state index in [-0.39, 0.29) is 0 Å². The van der Waals surface area contributed by atoms with Crippen molar-refractivity contribution < 1.29 is 13.2 Å². The number of nitrogens with one attached hydrogen (secondary N) is 1. The standard InChI is InChI=1S/C13H17F3N2/c14-13(15,16)9-11-1-3-12(4-2-11)10-18-7-5-17-6-8-18/h1-4,17H,5-10H2. The van der Waals surface area contributed by atoms with Crippen molar-refractivity contribution in [3.63, 3.8) is 0 Å². The van der Waals surface area contributed by atoms with Crippen LogP contribution >= 0.6 is 0 Å². The van der Waals surface area contributed by atoms with Crippen molar-refractivity contribution >= 4 is 0 Å². The van der Waals surface area contributed by atoms with Gasteiger partial charge in [-0.25, -0.2) is 0 Å². The van der Waals surface area contributed by atoms with E-state index in [4.69, 9.17) is 0 Å². The van der Waals surface area contributed by atoms with Crippen molar-refractivity contribution in [3.05, 3.63) is 35.4 Å². The molecule has 1 aliphatic heterocycles. The Morgan fingerprint density at radius 3 is 2.11 bits per heavy atom. The predicted octanol–water partition coefficient (Wildman–Crippen LogP) is 2.20. The van der Waals surface area contributed by atoms with Crippen LogP contribution in [0.25, 0.3) is 0 Å². The van der Waals surface area contributed by atoms with Crippen LogP contribution in [-0.2, 0) is 13.0 Å². The number of nitrogens with zero attached hydrogens (tertiary/aromatic N) is 1. The molecule has 0 saturated carbocycles. The highest BCUT2D eigenvalue weighted by Gasteiger charge is 2.27. The maximum absolute atomic E-state index is 12.2. The van der Waals surface area contributed by atoms with Crippen LogP contribution in [0.3, 0.4) is 0 Å². The van der Waals surface area contributed by atoms with Gasteiger partial charge in [-0.2, -0.15) is 13.2 Å². The van der Waals surface area contributed by atoms with Crippen molar-refractivity contribution in [1.29, 1.82) is 0 Å². The molecule has 0 radical (unpaired) electrons. The summed E-state index contributed by atoms with van der Waals surface area (Å²) in [6.45, 7) is 4.75. The highest BCUT2D eigenvalue weighted by molar-refractivity contribution is 5.23. The molecule has 1 fully saturated rings. The molecule has 1 heterocycles. The van der Waals surface area contributed by atoms with Crippen molar-refractivity contribution in [2.24, 2.45) is 0 Å². The van der Waals surface area contributed by atoms with Gasteiger partial charge in [-0.15, -0.1) is 0 Å². The molecule has 0 aromatic heterocycles. The average molecular weight is 258 g/mol. The Hall–Kier alpha value is -1.07. The van der Waals surface area contributed by atoms with Gasteiger partial charge < -0.3 is 5.32 Å². The Morgan fingerprint density at radius 1 is 1.00 bits per heavy atom. The van der Waals surface area contributed by atoms with E-state index >= 15 is 0 Å². The average Bonchev–Trinajstić information content (AvgIpc) is 2.31. The summed E-state index contributed by atoms with van der Waals surface area (Å²) in [5.74, 6) is 0. The van der Waals surface area contributed by atoms with Gasteiger partial charge in [-0.3, -0.25) is 4.90 Å². The summed E-state index contributed by atoms with van der Waals surface area (Å²) in [4.78, 5) is 2.30. The number of alkyl halides is 3. The Morgan fingerprint density at radius 2 is 1.56 bits per heavy atom. The number of benzene rings is 1. The molecule has 0 amide bonds. The van der Waals surface area contributed by atoms with Crippen LogP contribution in [0.2, 0.25) is 0 Å². The van der Waals surface area contributed by atoms with Gasteiger partial charge in [0.25, 0.3) is 0 Å².